The van der Waals surface area contributed by atoms with Crippen LogP contribution in [0.2, 0.25) is 0 Å². The van der Waals surface area contributed by atoms with Crippen molar-refractivity contribution in [1.82, 2.24) is 15.3 Å². The molecule has 0 saturated carbocycles. The lowest BCUT2D eigenvalue weighted by Crippen LogP contribution is -2.27. The van der Waals surface area contributed by atoms with E-state index in [2.05, 4.69) is 20.6 Å². The van der Waals surface area contributed by atoms with Crippen molar-refractivity contribution in [1.29, 1.82) is 0 Å². The van der Waals surface area contributed by atoms with Crippen molar-refractivity contribution in [2.45, 2.75) is 13.3 Å². The van der Waals surface area contributed by atoms with E-state index in [0.717, 1.165) is 11.3 Å². The number of rotatable bonds is 9. The molecule has 2 rings (SSSR count). The smallest absolute Gasteiger partial charge is 0.270 e. The fraction of sp³-hybridized carbons (Fsp3) is 0.389. The summed E-state index contributed by atoms with van der Waals surface area (Å²) in [6, 6.07) is 9.43. The van der Waals surface area contributed by atoms with Gasteiger partial charge in [0, 0.05) is 26.3 Å². The molecule has 0 aliphatic rings. The molecule has 0 saturated heterocycles. The predicted molar refractivity (Wildman–Crippen MR) is 96.2 cm³/mol. The molecule has 1 amide bonds. The highest BCUT2D eigenvalue weighted by Crippen LogP contribution is 2.12. The minimum Gasteiger partial charge on any atom is -0.497 e. The summed E-state index contributed by atoms with van der Waals surface area (Å²) in [6.45, 7) is 3.45. The topological polar surface area (TPSA) is 85.4 Å². The van der Waals surface area contributed by atoms with E-state index in [0.29, 0.717) is 43.5 Å². The minimum absolute atomic E-state index is 0.219. The summed E-state index contributed by atoms with van der Waals surface area (Å²) in [5, 5.41) is 5.99. The third-order valence-corrected chi connectivity index (χ3v) is 3.52. The van der Waals surface area contributed by atoms with Crippen LogP contribution in [0.15, 0.2) is 30.3 Å². The van der Waals surface area contributed by atoms with Crippen LogP contribution >= 0.6 is 0 Å². The molecule has 0 bridgehead atoms. The summed E-state index contributed by atoms with van der Waals surface area (Å²) in [5.41, 5.74) is 1.44. The van der Waals surface area contributed by atoms with E-state index < -0.39 is 0 Å². The van der Waals surface area contributed by atoms with Crippen LogP contribution in [0, 0.1) is 6.92 Å². The Morgan fingerprint density at radius 3 is 2.76 bits per heavy atom. The highest BCUT2D eigenvalue weighted by molar-refractivity contribution is 5.92. The van der Waals surface area contributed by atoms with E-state index >= 15 is 0 Å². The zero-order valence-corrected chi connectivity index (χ0v) is 14.8. The van der Waals surface area contributed by atoms with Crippen LogP contribution in [0.5, 0.6) is 5.75 Å². The van der Waals surface area contributed by atoms with E-state index in [9.17, 15) is 4.79 Å². The molecule has 0 fully saturated rings. The van der Waals surface area contributed by atoms with Gasteiger partial charge in [0.25, 0.3) is 5.91 Å². The lowest BCUT2D eigenvalue weighted by atomic mass is 10.1. The van der Waals surface area contributed by atoms with Gasteiger partial charge in [-0.1, -0.05) is 12.1 Å². The van der Waals surface area contributed by atoms with Crippen molar-refractivity contribution >= 4 is 11.7 Å². The van der Waals surface area contributed by atoms with Gasteiger partial charge in [-0.25, -0.2) is 9.97 Å². The molecule has 0 atom stereocenters. The Morgan fingerprint density at radius 2 is 2.00 bits per heavy atom. The van der Waals surface area contributed by atoms with Crippen molar-refractivity contribution in [2.75, 3.05) is 39.2 Å². The molecule has 25 heavy (non-hydrogen) atoms. The van der Waals surface area contributed by atoms with Gasteiger partial charge in [-0.05, 0) is 31.0 Å². The standard InChI is InChI=1S/C18H24N4O3/c1-13-21-16(12-17(22-13)19-9-10-24-2)18(23)20-8-7-14-5-4-6-15(11-14)25-3/h4-6,11-12H,7-10H2,1-3H3,(H,20,23)(H,19,21,22). The van der Waals surface area contributed by atoms with Gasteiger partial charge in [0.15, 0.2) is 0 Å². The average molecular weight is 344 g/mol. The summed E-state index contributed by atoms with van der Waals surface area (Å²) >= 11 is 0. The molecular formula is C18H24N4O3. The number of carbonyl (C=O) groups is 1. The Bertz CT molecular complexity index is 706. The second-order valence-corrected chi connectivity index (χ2v) is 5.46. The average Bonchev–Trinajstić information content (AvgIpc) is 2.61. The molecule has 0 aliphatic heterocycles. The number of anilines is 1. The van der Waals surface area contributed by atoms with Crippen LogP contribution in [0.3, 0.4) is 0 Å². The summed E-state index contributed by atoms with van der Waals surface area (Å²) < 4.78 is 10.2. The van der Waals surface area contributed by atoms with Gasteiger partial charge in [0.2, 0.25) is 0 Å². The van der Waals surface area contributed by atoms with Gasteiger partial charge in [0.1, 0.15) is 23.1 Å². The van der Waals surface area contributed by atoms with Crippen molar-refractivity contribution in [3.05, 3.63) is 47.4 Å². The van der Waals surface area contributed by atoms with Gasteiger partial charge >= 0.3 is 0 Å². The van der Waals surface area contributed by atoms with E-state index in [1.54, 1.807) is 27.2 Å². The fourth-order valence-electron chi connectivity index (χ4n) is 2.29. The zero-order valence-electron chi connectivity index (χ0n) is 14.8. The number of ether oxygens (including phenoxy) is 2. The molecule has 7 heteroatoms. The third-order valence-electron chi connectivity index (χ3n) is 3.52. The molecule has 0 radical (unpaired) electrons. The number of benzene rings is 1. The van der Waals surface area contributed by atoms with Gasteiger partial charge < -0.3 is 20.1 Å². The Morgan fingerprint density at radius 1 is 1.16 bits per heavy atom. The maximum Gasteiger partial charge on any atom is 0.270 e. The molecule has 0 aliphatic carbocycles. The second kappa shape index (κ2) is 9.58. The zero-order chi connectivity index (χ0) is 18.1. The molecule has 0 spiro atoms. The van der Waals surface area contributed by atoms with Gasteiger partial charge in [-0.3, -0.25) is 4.79 Å². The first-order valence-electron chi connectivity index (χ1n) is 8.12. The highest BCUT2D eigenvalue weighted by Gasteiger charge is 2.10. The SMILES string of the molecule is COCCNc1cc(C(=O)NCCc2cccc(OC)c2)nc(C)n1. The molecule has 2 aromatic rings. The fourth-order valence-corrected chi connectivity index (χ4v) is 2.29. The Hall–Kier alpha value is -2.67. The van der Waals surface area contributed by atoms with E-state index in [1.807, 2.05) is 24.3 Å². The second-order valence-electron chi connectivity index (χ2n) is 5.46. The first-order valence-corrected chi connectivity index (χ1v) is 8.12. The van der Waals surface area contributed by atoms with Crippen molar-refractivity contribution in [2.24, 2.45) is 0 Å². The molecule has 2 N–H and O–H groups in total. The lowest BCUT2D eigenvalue weighted by molar-refractivity contribution is 0.0949. The van der Waals surface area contributed by atoms with Gasteiger partial charge in [-0.15, -0.1) is 0 Å². The lowest BCUT2D eigenvalue weighted by Gasteiger charge is -2.09. The summed E-state index contributed by atoms with van der Waals surface area (Å²) in [5.74, 6) is 1.74. The Kier molecular flexibility index (Phi) is 7.16. The number of amides is 1. The van der Waals surface area contributed by atoms with Gasteiger partial charge in [-0.2, -0.15) is 0 Å². The van der Waals surface area contributed by atoms with Crippen molar-refractivity contribution in [3.8, 4) is 5.75 Å². The van der Waals surface area contributed by atoms with Crippen LogP contribution in [0.1, 0.15) is 21.9 Å². The molecule has 7 nitrogen and oxygen atoms in total. The number of hydrogen-bond acceptors (Lipinski definition) is 6. The number of hydrogen-bond donors (Lipinski definition) is 2. The monoisotopic (exact) mass is 344 g/mol. The number of aromatic nitrogens is 2. The van der Waals surface area contributed by atoms with Crippen LogP contribution in [0.4, 0.5) is 5.82 Å². The third kappa shape index (κ3) is 6.04. The number of carbonyl (C=O) groups excluding carboxylic acids is 1. The quantitative estimate of drug-likeness (QED) is 0.675. The predicted octanol–water partition coefficient (Wildman–Crippen LogP) is 1.82. The highest BCUT2D eigenvalue weighted by atomic mass is 16.5. The Labute approximate surface area is 147 Å². The van der Waals surface area contributed by atoms with Gasteiger partial charge in [0.05, 0.1) is 13.7 Å². The molecule has 1 heterocycles. The summed E-state index contributed by atoms with van der Waals surface area (Å²) in [4.78, 5) is 20.8. The number of nitrogens with one attached hydrogen (secondary N) is 2. The number of methoxy groups -OCH3 is 2. The largest absolute Gasteiger partial charge is 0.497 e. The number of nitrogens with zero attached hydrogens (tertiary/aromatic N) is 2. The summed E-state index contributed by atoms with van der Waals surface area (Å²) in [6.07, 6.45) is 0.714. The van der Waals surface area contributed by atoms with Crippen LogP contribution < -0.4 is 15.4 Å². The summed E-state index contributed by atoms with van der Waals surface area (Å²) in [7, 11) is 3.27. The maximum atomic E-state index is 12.3. The molecule has 1 aromatic carbocycles. The normalized spacial score (nSPS) is 10.4. The molecule has 0 unspecified atom stereocenters. The molecule has 134 valence electrons. The van der Waals surface area contributed by atoms with Crippen LogP contribution in [0.25, 0.3) is 0 Å². The first-order chi connectivity index (χ1) is 12.1. The van der Waals surface area contributed by atoms with Crippen molar-refractivity contribution in [3.63, 3.8) is 0 Å². The van der Waals surface area contributed by atoms with E-state index in [1.165, 1.54) is 0 Å². The minimum atomic E-state index is -0.219. The van der Waals surface area contributed by atoms with Crippen LogP contribution in [-0.4, -0.2) is 49.8 Å². The Balaban J connectivity index is 1.91. The first kappa shape index (κ1) is 18.7. The van der Waals surface area contributed by atoms with Crippen LogP contribution in [-0.2, 0) is 11.2 Å². The van der Waals surface area contributed by atoms with E-state index in [-0.39, 0.29) is 5.91 Å². The molecule has 1 aromatic heterocycles. The van der Waals surface area contributed by atoms with E-state index in [4.69, 9.17) is 9.47 Å². The molecular weight excluding hydrogens is 320 g/mol. The number of aryl methyl sites for hydroxylation is 1. The van der Waals surface area contributed by atoms with Crippen molar-refractivity contribution < 1.29 is 14.3 Å². The maximum absolute atomic E-state index is 12.3.